The first-order valence-electron chi connectivity index (χ1n) is 7.96. The average Bonchev–Trinajstić information content (AvgIpc) is 3.03. The molecule has 7 nitrogen and oxygen atoms in total. The van der Waals surface area contributed by atoms with Crippen LogP contribution in [0.5, 0.6) is 17.2 Å². The molecule has 0 radical (unpaired) electrons. The van der Waals surface area contributed by atoms with Gasteiger partial charge in [0.1, 0.15) is 17.2 Å². The number of carbonyl (C=O) groups is 1. The van der Waals surface area contributed by atoms with Gasteiger partial charge in [-0.3, -0.25) is 5.32 Å². The normalized spacial score (nSPS) is 10.4. The third-order valence-electron chi connectivity index (χ3n) is 3.55. The highest BCUT2D eigenvalue weighted by Gasteiger charge is 2.12. The Balaban J connectivity index is 1.73. The molecule has 2 N–H and O–H groups in total. The number of hydrogen-bond donors (Lipinski definition) is 2. The van der Waals surface area contributed by atoms with Crippen molar-refractivity contribution in [3.8, 4) is 17.2 Å². The molecular weight excluding hydrogens is 354 g/mol. The molecule has 0 aliphatic heterocycles. The molecule has 136 valence electrons. The van der Waals surface area contributed by atoms with E-state index in [1.54, 1.807) is 25.3 Å². The van der Waals surface area contributed by atoms with Crippen molar-refractivity contribution in [3.05, 3.63) is 36.4 Å². The van der Waals surface area contributed by atoms with E-state index < -0.39 is 6.03 Å². The SMILES string of the molecule is CCOc1ccc2nc(NC(=O)Nc3ccc(OC)cc3OC)sc2c1. The van der Waals surface area contributed by atoms with Crippen LogP contribution in [0.2, 0.25) is 0 Å². The molecule has 1 heterocycles. The second-order valence-corrected chi connectivity index (χ2v) is 6.26. The molecule has 0 aliphatic rings. The van der Waals surface area contributed by atoms with E-state index in [4.69, 9.17) is 14.2 Å². The van der Waals surface area contributed by atoms with E-state index >= 15 is 0 Å². The summed E-state index contributed by atoms with van der Waals surface area (Å²) in [6, 6.07) is 10.4. The zero-order valence-electron chi connectivity index (χ0n) is 14.7. The minimum Gasteiger partial charge on any atom is -0.497 e. The lowest BCUT2D eigenvalue weighted by Gasteiger charge is -2.11. The second-order valence-electron chi connectivity index (χ2n) is 5.23. The van der Waals surface area contributed by atoms with Crippen molar-refractivity contribution in [2.45, 2.75) is 6.92 Å². The van der Waals surface area contributed by atoms with Crippen LogP contribution in [0, 0.1) is 0 Å². The molecule has 26 heavy (non-hydrogen) atoms. The van der Waals surface area contributed by atoms with Crippen LogP contribution in [0.4, 0.5) is 15.6 Å². The minimum atomic E-state index is -0.405. The van der Waals surface area contributed by atoms with E-state index in [2.05, 4.69) is 15.6 Å². The van der Waals surface area contributed by atoms with Crippen molar-refractivity contribution < 1.29 is 19.0 Å². The van der Waals surface area contributed by atoms with Crippen molar-refractivity contribution in [1.29, 1.82) is 0 Å². The minimum absolute atomic E-state index is 0.405. The van der Waals surface area contributed by atoms with E-state index in [1.165, 1.54) is 18.4 Å². The van der Waals surface area contributed by atoms with Crippen molar-refractivity contribution in [3.63, 3.8) is 0 Å². The summed E-state index contributed by atoms with van der Waals surface area (Å²) in [5.74, 6) is 1.93. The average molecular weight is 373 g/mol. The van der Waals surface area contributed by atoms with E-state index in [-0.39, 0.29) is 0 Å². The first-order chi connectivity index (χ1) is 12.6. The number of carbonyl (C=O) groups excluding carboxylic acids is 1. The van der Waals surface area contributed by atoms with Gasteiger partial charge in [0, 0.05) is 6.07 Å². The fourth-order valence-corrected chi connectivity index (χ4v) is 3.26. The molecule has 3 rings (SSSR count). The summed E-state index contributed by atoms with van der Waals surface area (Å²) in [6.07, 6.45) is 0. The summed E-state index contributed by atoms with van der Waals surface area (Å²) < 4.78 is 16.8. The molecule has 0 spiro atoms. The lowest BCUT2D eigenvalue weighted by Crippen LogP contribution is -2.19. The van der Waals surface area contributed by atoms with Gasteiger partial charge >= 0.3 is 6.03 Å². The Bertz CT molecular complexity index is 926. The fraction of sp³-hybridized carbons (Fsp3) is 0.222. The van der Waals surface area contributed by atoms with E-state index in [0.717, 1.165) is 16.0 Å². The summed E-state index contributed by atoms with van der Waals surface area (Å²) in [5, 5.41) is 5.99. The number of ether oxygens (including phenoxy) is 3. The molecule has 0 saturated carbocycles. The monoisotopic (exact) mass is 373 g/mol. The molecule has 0 atom stereocenters. The van der Waals surface area contributed by atoms with Crippen LogP contribution in [0.3, 0.4) is 0 Å². The number of benzene rings is 2. The van der Waals surface area contributed by atoms with Gasteiger partial charge in [-0.2, -0.15) is 0 Å². The van der Waals surface area contributed by atoms with Crippen LogP contribution < -0.4 is 24.8 Å². The molecule has 0 aliphatic carbocycles. The summed E-state index contributed by atoms with van der Waals surface area (Å²) in [5.41, 5.74) is 1.33. The topological polar surface area (TPSA) is 81.7 Å². The molecule has 2 amide bonds. The molecule has 0 bridgehead atoms. The number of urea groups is 1. The number of aromatic nitrogens is 1. The molecule has 3 aromatic rings. The highest BCUT2D eigenvalue weighted by molar-refractivity contribution is 7.22. The van der Waals surface area contributed by atoms with Gasteiger partial charge in [0.25, 0.3) is 0 Å². The standard InChI is InChI=1S/C18H19N3O4S/c1-4-25-12-6-8-14-16(10-12)26-18(20-14)21-17(22)19-13-7-5-11(23-2)9-15(13)24-3/h5-10H,4H2,1-3H3,(H2,19,20,21,22). The largest absolute Gasteiger partial charge is 0.497 e. The number of rotatable bonds is 6. The van der Waals surface area contributed by atoms with Gasteiger partial charge in [-0.15, -0.1) is 0 Å². The number of fused-ring (bicyclic) bond motifs is 1. The number of methoxy groups -OCH3 is 2. The number of nitrogens with zero attached hydrogens (tertiary/aromatic N) is 1. The molecule has 8 heteroatoms. The predicted molar refractivity (Wildman–Crippen MR) is 103 cm³/mol. The van der Waals surface area contributed by atoms with Gasteiger partial charge in [0.15, 0.2) is 5.13 Å². The Morgan fingerprint density at radius 2 is 1.88 bits per heavy atom. The third-order valence-corrected chi connectivity index (χ3v) is 4.48. The van der Waals surface area contributed by atoms with Crippen molar-refractivity contribution in [2.75, 3.05) is 31.5 Å². The summed E-state index contributed by atoms with van der Waals surface area (Å²) >= 11 is 1.38. The maximum absolute atomic E-state index is 12.3. The second kappa shape index (κ2) is 7.92. The summed E-state index contributed by atoms with van der Waals surface area (Å²) in [4.78, 5) is 16.7. The number of amides is 2. The molecular formula is C18H19N3O4S. The molecule has 0 fully saturated rings. The molecule has 0 saturated heterocycles. The third kappa shape index (κ3) is 3.97. The van der Waals surface area contributed by atoms with Crippen molar-refractivity contribution in [1.82, 2.24) is 4.98 Å². The zero-order valence-corrected chi connectivity index (χ0v) is 15.5. The van der Waals surface area contributed by atoms with Gasteiger partial charge < -0.3 is 19.5 Å². The highest BCUT2D eigenvalue weighted by Crippen LogP contribution is 2.31. The van der Waals surface area contributed by atoms with Gasteiger partial charge in [0.05, 0.1) is 36.7 Å². The lowest BCUT2D eigenvalue weighted by atomic mass is 10.2. The Morgan fingerprint density at radius 1 is 1.08 bits per heavy atom. The van der Waals surface area contributed by atoms with Crippen LogP contribution in [0.25, 0.3) is 10.2 Å². The number of thiazole rings is 1. The Morgan fingerprint density at radius 3 is 2.62 bits per heavy atom. The smallest absolute Gasteiger partial charge is 0.325 e. The molecule has 0 unspecified atom stereocenters. The van der Waals surface area contributed by atoms with Gasteiger partial charge in [0.2, 0.25) is 0 Å². The summed E-state index contributed by atoms with van der Waals surface area (Å²) in [6.45, 7) is 2.53. The van der Waals surface area contributed by atoms with Crippen LogP contribution in [-0.4, -0.2) is 31.8 Å². The van der Waals surface area contributed by atoms with E-state index in [0.29, 0.717) is 28.9 Å². The number of nitrogens with one attached hydrogen (secondary N) is 2. The lowest BCUT2D eigenvalue weighted by molar-refractivity contribution is 0.262. The molecule has 1 aromatic heterocycles. The van der Waals surface area contributed by atoms with Crippen molar-refractivity contribution >= 4 is 38.4 Å². The van der Waals surface area contributed by atoms with Crippen LogP contribution >= 0.6 is 11.3 Å². The fourth-order valence-electron chi connectivity index (χ4n) is 2.37. The van der Waals surface area contributed by atoms with Gasteiger partial charge in [-0.25, -0.2) is 9.78 Å². The summed E-state index contributed by atoms with van der Waals surface area (Å²) in [7, 11) is 3.10. The van der Waals surface area contributed by atoms with E-state index in [9.17, 15) is 4.79 Å². The first-order valence-corrected chi connectivity index (χ1v) is 8.78. The van der Waals surface area contributed by atoms with Crippen LogP contribution in [0.1, 0.15) is 6.92 Å². The Hall–Kier alpha value is -3.00. The maximum Gasteiger partial charge on any atom is 0.325 e. The quantitative estimate of drug-likeness (QED) is 0.671. The maximum atomic E-state index is 12.3. The number of hydrogen-bond acceptors (Lipinski definition) is 6. The predicted octanol–water partition coefficient (Wildman–Crippen LogP) is 4.36. The van der Waals surface area contributed by atoms with Gasteiger partial charge in [-0.05, 0) is 37.3 Å². The van der Waals surface area contributed by atoms with Crippen molar-refractivity contribution in [2.24, 2.45) is 0 Å². The van der Waals surface area contributed by atoms with E-state index in [1.807, 2.05) is 25.1 Å². The molecule has 2 aromatic carbocycles. The number of anilines is 2. The Labute approximate surface area is 154 Å². The van der Waals surface area contributed by atoms with Crippen LogP contribution in [-0.2, 0) is 0 Å². The zero-order chi connectivity index (χ0) is 18.5. The highest BCUT2D eigenvalue weighted by atomic mass is 32.1. The Kier molecular flexibility index (Phi) is 5.43. The van der Waals surface area contributed by atoms with Gasteiger partial charge in [-0.1, -0.05) is 11.3 Å². The first kappa shape index (κ1) is 17.8. The van der Waals surface area contributed by atoms with Crippen LogP contribution in [0.15, 0.2) is 36.4 Å².